The first-order chi connectivity index (χ1) is 10.0. The third-order valence-corrected chi connectivity index (χ3v) is 2.82. The minimum Gasteiger partial charge on any atom is -0.494 e. The van der Waals surface area contributed by atoms with Crippen molar-refractivity contribution < 1.29 is 18.8 Å². The SMILES string of the molecule is COc1cc(Oc2ccc(CN)cc2)c([N+](=O)[O-])cc1F. The van der Waals surface area contributed by atoms with Gasteiger partial charge in [-0.2, -0.15) is 0 Å². The number of hydrogen-bond donors (Lipinski definition) is 1. The van der Waals surface area contributed by atoms with Gasteiger partial charge in [-0.25, -0.2) is 4.39 Å². The van der Waals surface area contributed by atoms with Gasteiger partial charge >= 0.3 is 5.69 Å². The van der Waals surface area contributed by atoms with Gasteiger partial charge in [0.1, 0.15) is 5.75 Å². The molecule has 2 aromatic carbocycles. The Bertz CT molecular complexity index is 659. The molecule has 6 nitrogen and oxygen atoms in total. The third-order valence-electron chi connectivity index (χ3n) is 2.82. The van der Waals surface area contributed by atoms with Crippen molar-refractivity contribution in [3.63, 3.8) is 0 Å². The van der Waals surface area contributed by atoms with Gasteiger partial charge in [0.05, 0.1) is 18.1 Å². The molecule has 21 heavy (non-hydrogen) atoms. The topological polar surface area (TPSA) is 87.6 Å². The summed E-state index contributed by atoms with van der Waals surface area (Å²) in [5, 5.41) is 11.0. The summed E-state index contributed by atoms with van der Waals surface area (Å²) in [5.41, 5.74) is 5.90. The second-order valence-electron chi connectivity index (χ2n) is 4.16. The van der Waals surface area contributed by atoms with E-state index in [4.69, 9.17) is 15.2 Å². The van der Waals surface area contributed by atoms with Crippen molar-refractivity contribution in [3.05, 3.63) is 57.9 Å². The Hall–Kier alpha value is -2.67. The number of halogens is 1. The molecule has 0 aromatic heterocycles. The molecule has 0 aliphatic rings. The molecule has 0 spiro atoms. The van der Waals surface area contributed by atoms with Gasteiger partial charge < -0.3 is 15.2 Å². The number of nitrogens with zero attached hydrogens (tertiary/aromatic N) is 1. The van der Waals surface area contributed by atoms with Crippen LogP contribution in [-0.2, 0) is 6.54 Å². The molecule has 2 rings (SSSR count). The quantitative estimate of drug-likeness (QED) is 0.676. The second-order valence-corrected chi connectivity index (χ2v) is 4.16. The molecule has 2 aromatic rings. The lowest BCUT2D eigenvalue weighted by molar-refractivity contribution is -0.385. The monoisotopic (exact) mass is 292 g/mol. The second kappa shape index (κ2) is 6.19. The maximum atomic E-state index is 13.5. The predicted molar refractivity (Wildman–Crippen MR) is 74.0 cm³/mol. The molecule has 2 N–H and O–H groups in total. The van der Waals surface area contributed by atoms with E-state index in [0.29, 0.717) is 12.3 Å². The zero-order valence-electron chi connectivity index (χ0n) is 11.2. The molecule has 0 bridgehead atoms. The first-order valence-electron chi connectivity index (χ1n) is 6.04. The van der Waals surface area contributed by atoms with E-state index in [2.05, 4.69) is 0 Å². The molecular formula is C14H13FN2O4. The summed E-state index contributed by atoms with van der Waals surface area (Å²) in [6.07, 6.45) is 0. The largest absolute Gasteiger partial charge is 0.494 e. The number of nitro benzene ring substituents is 1. The van der Waals surface area contributed by atoms with Crippen LogP contribution in [0.1, 0.15) is 5.56 Å². The first-order valence-corrected chi connectivity index (χ1v) is 6.04. The molecule has 0 heterocycles. The molecule has 0 unspecified atom stereocenters. The van der Waals surface area contributed by atoms with Gasteiger partial charge in [0.15, 0.2) is 11.6 Å². The predicted octanol–water partition coefficient (Wildman–Crippen LogP) is 2.99. The molecule has 0 saturated carbocycles. The fourth-order valence-electron chi connectivity index (χ4n) is 1.73. The van der Waals surface area contributed by atoms with Crippen LogP contribution < -0.4 is 15.2 Å². The minimum atomic E-state index is -0.824. The van der Waals surface area contributed by atoms with E-state index in [-0.39, 0.29) is 11.5 Å². The summed E-state index contributed by atoms with van der Waals surface area (Å²) < 4.78 is 23.8. The van der Waals surface area contributed by atoms with Gasteiger partial charge in [-0.05, 0) is 17.7 Å². The van der Waals surface area contributed by atoms with E-state index in [1.165, 1.54) is 7.11 Å². The maximum absolute atomic E-state index is 13.5. The lowest BCUT2D eigenvalue weighted by Crippen LogP contribution is -1.98. The molecule has 0 aliphatic heterocycles. The standard InChI is InChI=1S/C14H13FN2O4/c1-20-13-7-14(12(17(18)19)6-11(13)15)21-10-4-2-9(8-16)3-5-10/h2-7H,8,16H2,1H3. The van der Waals surface area contributed by atoms with Crippen LogP contribution in [0.4, 0.5) is 10.1 Å². The van der Waals surface area contributed by atoms with E-state index in [1.807, 2.05) is 0 Å². The summed E-state index contributed by atoms with van der Waals surface area (Å²) in [7, 11) is 1.27. The van der Waals surface area contributed by atoms with Gasteiger partial charge in [-0.15, -0.1) is 0 Å². The van der Waals surface area contributed by atoms with Gasteiger partial charge in [-0.3, -0.25) is 10.1 Å². The van der Waals surface area contributed by atoms with Gasteiger partial charge in [0.25, 0.3) is 0 Å². The van der Waals surface area contributed by atoms with E-state index in [9.17, 15) is 14.5 Å². The smallest absolute Gasteiger partial charge is 0.314 e. The van der Waals surface area contributed by atoms with Crippen LogP contribution in [-0.4, -0.2) is 12.0 Å². The van der Waals surface area contributed by atoms with Gasteiger partial charge in [-0.1, -0.05) is 12.1 Å². The third kappa shape index (κ3) is 3.26. The molecule has 0 radical (unpaired) electrons. The summed E-state index contributed by atoms with van der Waals surface area (Å²) in [5.74, 6) is -0.674. The molecule has 7 heteroatoms. The Morgan fingerprint density at radius 3 is 2.43 bits per heavy atom. The van der Waals surface area contributed by atoms with E-state index >= 15 is 0 Å². The average molecular weight is 292 g/mol. The van der Waals surface area contributed by atoms with Gasteiger partial charge in [0.2, 0.25) is 5.75 Å². The van der Waals surface area contributed by atoms with E-state index in [0.717, 1.165) is 17.7 Å². The van der Waals surface area contributed by atoms with Crippen molar-refractivity contribution in [3.8, 4) is 17.2 Å². The Kier molecular flexibility index (Phi) is 4.34. The van der Waals surface area contributed by atoms with Crippen LogP contribution in [0.2, 0.25) is 0 Å². The maximum Gasteiger partial charge on any atom is 0.314 e. The van der Waals surface area contributed by atoms with E-state index in [1.54, 1.807) is 24.3 Å². The molecule has 0 amide bonds. The number of ether oxygens (including phenoxy) is 2. The fourth-order valence-corrected chi connectivity index (χ4v) is 1.73. The molecule has 0 saturated heterocycles. The van der Waals surface area contributed by atoms with Crippen molar-refractivity contribution in [1.82, 2.24) is 0 Å². The molecule has 0 atom stereocenters. The number of benzene rings is 2. The highest BCUT2D eigenvalue weighted by molar-refractivity contribution is 5.53. The Morgan fingerprint density at radius 1 is 1.24 bits per heavy atom. The Morgan fingerprint density at radius 2 is 1.90 bits per heavy atom. The summed E-state index contributed by atoms with van der Waals surface area (Å²) in [4.78, 5) is 10.2. The van der Waals surface area contributed by atoms with Crippen LogP contribution in [0.25, 0.3) is 0 Å². The molecule has 110 valence electrons. The van der Waals surface area contributed by atoms with Crippen molar-refractivity contribution >= 4 is 5.69 Å². The highest BCUT2D eigenvalue weighted by Crippen LogP contribution is 2.36. The Balaban J connectivity index is 2.38. The average Bonchev–Trinajstić information content (AvgIpc) is 2.49. The van der Waals surface area contributed by atoms with Crippen LogP contribution in [0.5, 0.6) is 17.2 Å². The highest BCUT2D eigenvalue weighted by Gasteiger charge is 2.21. The lowest BCUT2D eigenvalue weighted by Gasteiger charge is -2.09. The first kappa shape index (κ1) is 14.7. The summed E-state index contributed by atoms with van der Waals surface area (Å²) >= 11 is 0. The van der Waals surface area contributed by atoms with Crippen LogP contribution >= 0.6 is 0 Å². The molecular weight excluding hydrogens is 279 g/mol. The van der Waals surface area contributed by atoms with Crippen molar-refractivity contribution in [1.29, 1.82) is 0 Å². The van der Waals surface area contributed by atoms with Crippen molar-refractivity contribution in [2.24, 2.45) is 5.73 Å². The highest BCUT2D eigenvalue weighted by atomic mass is 19.1. The van der Waals surface area contributed by atoms with Crippen molar-refractivity contribution in [2.45, 2.75) is 6.54 Å². The number of hydrogen-bond acceptors (Lipinski definition) is 5. The normalized spacial score (nSPS) is 10.2. The van der Waals surface area contributed by atoms with Crippen LogP contribution in [0.3, 0.4) is 0 Å². The lowest BCUT2D eigenvalue weighted by atomic mass is 10.2. The zero-order chi connectivity index (χ0) is 15.4. The zero-order valence-corrected chi connectivity index (χ0v) is 11.2. The summed E-state index contributed by atoms with van der Waals surface area (Å²) in [6.45, 7) is 0.380. The fraction of sp³-hybridized carbons (Fsp3) is 0.143. The minimum absolute atomic E-state index is 0.0984. The van der Waals surface area contributed by atoms with Crippen molar-refractivity contribution in [2.75, 3.05) is 7.11 Å². The Labute approximate surface area is 120 Å². The number of methoxy groups -OCH3 is 1. The number of nitro groups is 1. The number of rotatable bonds is 5. The molecule has 0 fully saturated rings. The number of nitrogens with two attached hydrogens (primary N) is 1. The molecule has 0 aliphatic carbocycles. The van der Waals surface area contributed by atoms with Crippen LogP contribution in [0, 0.1) is 15.9 Å². The van der Waals surface area contributed by atoms with E-state index < -0.39 is 16.4 Å². The summed E-state index contributed by atoms with van der Waals surface area (Å²) in [6, 6.07) is 8.64. The van der Waals surface area contributed by atoms with Gasteiger partial charge in [0, 0.05) is 12.6 Å². The van der Waals surface area contributed by atoms with Crippen LogP contribution in [0.15, 0.2) is 36.4 Å².